The lowest BCUT2D eigenvalue weighted by Crippen LogP contribution is -2.28. The van der Waals surface area contributed by atoms with Crippen molar-refractivity contribution in [3.8, 4) is 11.1 Å². The van der Waals surface area contributed by atoms with Crippen LogP contribution in [0.3, 0.4) is 0 Å². The van der Waals surface area contributed by atoms with Crippen molar-refractivity contribution in [2.45, 2.75) is 5.41 Å². The molecule has 0 spiro atoms. The van der Waals surface area contributed by atoms with Crippen molar-refractivity contribution >= 4 is 42.9 Å². The van der Waals surface area contributed by atoms with Gasteiger partial charge < -0.3 is 5.32 Å². The van der Waals surface area contributed by atoms with Crippen LogP contribution in [0.15, 0.2) is 146 Å². The predicted molar refractivity (Wildman–Crippen MR) is 166 cm³/mol. The number of hydrogen-bond acceptors (Lipinski definition) is 2. The smallest absolute Gasteiger partial charge is 0.0713 e. The van der Waals surface area contributed by atoms with E-state index in [4.69, 9.17) is 0 Å². The Balaban J connectivity index is 1.24. The minimum Gasteiger partial charge on any atom is -0.356 e. The van der Waals surface area contributed by atoms with Crippen LogP contribution in [0.5, 0.6) is 0 Å². The molecule has 39 heavy (non-hydrogen) atoms. The van der Waals surface area contributed by atoms with E-state index in [1.807, 2.05) is 11.3 Å². The Morgan fingerprint density at radius 2 is 1.00 bits per heavy atom. The Hall–Kier alpha value is -4.66. The van der Waals surface area contributed by atoms with Crippen LogP contribution in [0, 0.1) is 0 Å². The van der Waals surface area contributed by atoms with Crippen LogP contribution in [-0.2, 0) is 5.41 Å². The highest BCUT2D eigenvalue weighted by molar-refractivity contribution is 7.25. The van der Waals surface area contributed by atoms with Crippen LogP contribution in [0.1, 0.15) is 22.3 Å². The topological polar surface area (TPSA) is 12.0 Å². The van der Waals surface area contributed by atoms with Crippen LogP contribution in [-0.4, -0.2) is 0 Å². The molecular formula is C37H25NS. The average Bonchev–Trinajstić information content (AvgIpc) is 3.52. The van der Waals surface area contributed by atoms with Crippen molar-refractivity contribution in [1.82, 2.24) is 0 Å². The fourth-order valence-electron chi connectivity index (χ4n) is 6.49. The van der Waals surface area contributed by atoms with Gasteiger partial charge in [0.15, 0.2) is 0 Å². The number of nitrogens with one attached hydrogen (secondary N) is 1. The van der Waals surface area contributed by atoms with Gasteiger partial charge in [-0.15, -0.1) is 11.3 Å². The molecule has 1 heterocycles. The summed E-state index contributed by atoms with van der Waals surface area (Å²) in [6.07, 6.45) is 0. The fraction of sp³-hybridized carbons (Fsp3) is 0.0270. The van der Waals surface area contributed by atoms with Gasteiger partial charge in [0, 0.05) is 31.5 Å². The van der Waals surface area contributed by atoms with Crippen molar-refractivity contribution < 1.29 is 0 Å². The van der Waals surface area contributed by atoms with Gasteiger partial charge in [-0.25, -0.2) is 0 Å². The van der Waals surface area contributed by atoms with Crippen molar-refractivity contribution in [3.63, 3.8) is 0 Å². The molecule has 1 aromatic heterocycles. The highest BCUT2D eigenvalue weighted by Crippen LogP contribution is 2.56. The molecule has 2 heteroatoms. The quantitative estimate of drug-likeness (QED) is 0.246. The minimum absolute atomic E-state index is 0.360. The molecule has 1 aliphatic rings. The lowest BCUT2D eigenvalue weighted by Gasteiger charge is -2.34. The first-order valence-electron chi connectivity index (χ1n) is 13.4. The van der Waals surface area contributed by atoms with Gasteiger partial charge in [0.25, 0.3) is 0 Å². The molecule has 7 aromatic rings. The molecule has 184 valence electrons. The molecule has 0 aliphatic heterocycles. The van der Waals surface area contributed by atoms with Gasteiger partial charge >= 0.3 is 0 Å². The van der Waals surface area contributed by atoms with E-state index in [2.05, 4.69) is 151 Å². The summed E-state index contributed by atoms with van der Waals surface area (Å²) in [6.45, 7) is 0. The summed E-state index contributed by atoms with van der Waals surface area (Å²) in [5, 5.41) is 6.29. The molecule has 1 aliphatic carbocycles. The maximum atomic E-state index is 3.66. The zero-order valence-corrected chi connectivity index (χ0v) is 22.1. The highest BCUT2D eigenvalue weighted by Gasteiger charge is 2.45. The highest BCUT2D eigenvalue weighted by atomic mass is 32.1. The van der Waals surface area contributed by atoms with Crippen molar-refractivity contribution in [2.24, 2.45) is 0 Å². The largest absolute Gasteiger partial charge is 0.356 e. The van der Waals surface area contributed by atoms with E-state index in [9.17, 15) is 0 Å². The Morgan fingerprint density at radius 3 is 1.74 bits per heavy atom. The monoisotopic (exact) mass is 515 g/mol. The van der Waals surface area contributed by atoms with Crippen LogP contribution in [0.25, 0.3) is 31.3 Å². The standard InChI is InChI=1S/C37H25NS/c1-2-10-25(11-3-1)37(33-15-7-4-12-29(33)30-13-5-8-16-34(30)37)26-18-20-27(21-19-26)38-28-22-23-36-32(24-28)31-14-6-9-17-35(31)39-36/h1-24,38H. The van der Waals surface area contributed by atoms with Gasteiger partial charge in [0.05, 0.1) is 5.41 Å². The Labute approximate surface area is 232 Å². The second-order valence-corrected chi connectivity index (χ2v) is 11.3. The molecule has 8 rings (SSSR count). The second kappa shape index (κ2) is 8.69. The van der Waals surface area contributed by atoms with Crippen LogP contribution >= 0.6 is 11.3 Å². The van der Waals surface area contributed by atoms with Gasteiger partial charge in [-0.3, -0.25) is 0 Å². The second-order valence-electron chi connectivity index (χ2n) is 10.2. The number of benzene rings is 6. The molecule has 0 saturated carbocycles. The molecular weight excluding hydrogens is 490 g/mol. The number of hydrogen-bond donors (Lipinski definition) is 1. The summed E-state index contributed by atoms with van der Waals surface area (Å²) < 4.78 is 2.65. The van der Waals surface area contributed by atoms with E-state index < -0.39 is 0 Å². The van der Waals surface area contributed by atoms with Crippen LogP contribution in [0.2, 0.25) is 0 Å². The third kappa shape index (κ3) is 3.32. The SMILES string of the molecule is c1ccc(C2(c3ccc(Nc4ccc5sc6ccccc6c5c4)cc3)c3ccccc3-c3ccccc32)cc1. The fourth-order valence-corrected chi connectivity index (χ4v) is 7.57. The lowest BCUT2D eigenvalue weighted by atomic mass is 9.68. The number of rotatable bonds is 4. The van der Waals surface area contributed by atoms with E-state index in [-0.39, 0.29) is 5.41 Å². The first kappa shape index (κ1) is 22.3. The van der Waals surface area contributed by atoms with E-state index in [1.165, 1.54) is 53.6 Å². The van der Waals surface area contributed by atoms with Gasteiger partial charge in [0.2, 0.25) is 0 Å². The van der Waals surface area contributed by atoms with E-state index in [0.717, 1.165) is 11.4 Å². The van der Waals surface area contributed by atoms with Gasteiger partial charge in [-0.2, -0.15) is 0 Å². The number of anilines is 2. The Morgan fingerprint density at radius 1 is 0.436 bits per heavy atom. The van der Waals surface area contributed by atoms with E-state index in [0.29, 0.717) is 0 Å². The molecule has 0 saturated heterocycles. The van der Waals surface area contributed by atoms with E-state index >= 15 is 0 Å². The minimum atomic E-state index is -0.360. The lowest BCUT2D eigenvalue weighted by molar-refractivity contribution is 0.768. The molecule has 6 aromatic carbocycles. The first-order valence-corrected chi connectivity index (χ1v) is 14.2. The van der Waals surface area contributed by atoms with Crippen LogP contribution < -0.4 is 5.32 Å². The summed E-state index contributed by atoms with van der Waals surface area (Å²) in [4.78, 5) is 0. The maximum Gasteiger partial charge on any atom is 0.0713 e. The third-order valence-electron chi connectivity index (χ3n) is 8.14. The maximum absolute atomic E-state index is 3.66. The molecule has 0 radical (unpaired) electrons. The zero-order valence-electron chi connectivity index (χ0n) is 21.3. The predicted octanol–water partition coefficient (Wildman–Crippen LogP) is 10.2. The average molecular weight is 516 g/mol. The zero-order chi connectivity index (χ0) is 25.8. The summed E-state index contributed by atoms with van der Waals surface area (Å²) in [5.41, 5.74) is 9.70. The summed E-state index contributed by atoms with van der Waals surface area (Å²) in [5.74, 6) is 0. The molecule has 0 atom stereocenters. The van der Waals surface area contributed by atoms with Crippen molar-refractivity contribution in [1.29, 1.82) is 0 Å². The van der Waals surface area contributed by atoms with E-state index in [1.54, 1.807) is 0 Å². The molecule has 0 bridgehead atoms. The van der Waals surface area contributed by atoms with Crippen molar-refractivity contribution in [2.75, 3.05) is 5.32 Å². The molecule has 0 unspecified atom stereocenters. The summed E-state index contributed by atoms with van der Waals surface area (Å²) in [7, 11) is 0. The molecule has 0 fully saturated rings. The van der Waals surface area contributed by atoms with Crippen LogP contribution in [0.4, 0.5) is 11.4 Å². The van der Waals surface area contributed by atoms with Gasteiger partial charge in [-0.1, -0.05) is 109 Å². The number of fused-ring (bicyclic) bond motifs is 6. The molecule has 0 amide bonds. The number of thiophene rings is 1. The Kier molecular flexibility index (Phi) is 4.98. The van der Waals surface area contributed by atoms with Crippen molar-refractivity contribution in [3.05, 3.63) is 168 Å². The normalized spacial score (nSPS) is 13.3. The molecule has 1 nitrogen and oxygen atoms in total. The summed E-state index contributed by atoms with van der Waals surface area (Å²) in [6, 6.07) is 53.1. The first-order chi connectivity index (χ1) is 19.3. The molecule has 1 N–H and O–H groups in total. The van der Waals surface area contributed by atoms with Gasteiger partial charge in [0.1, 0.15) is 0 Å². The Bertz CT molecular complexity index is 1940. The third-order valence-corrected chi connectivity index (χ3v) is 9.29. The summed E-state index contributed by atoms with van der Waals surface area (Å²) >= 11 is 1.85. The van der Waals surface area contributed by atoms with Gasteiger partial charge in [-0.05, 0) is 69.8 Å².